The molecule has 0 bridgehead atoms. The van der Waals surface area contributed by atoms with Crippen LogP contribution in [-0.4, -0.2) is 54.5 Å². The van der Waals surface area contributed by atoms with E-state index < -0.39 is 20.4 Å². The Labute approximate surface area is 550 Å². The van der Waals surface area contributed by atoms with Crippen LogP contribution in [-0.2, 0) is 32.1 Å². The van der Waals surface area contributed by atoms with Gasteiger partial charge >= 0.3 is 10.4 Å². The molecule has 0 fully saturated rings. The first-order chi connectivity index (χ1) is 40.1. The van der Waals surface area contributed by atoms with Crippen molar-refractivity contribution in [3.05, 3.63) is 142 Å². The Kier molecular flexibility index (Phi) is 48.6. The summed E-state index contributed by atoms with van der Waals surface area (Å²) in [5, 5.41) is 37.8. The summed E-state index contributed by atoms with van der Waals surface area (Å²) in [7, 11) is -4.67. The first-order valence-corrected chi connectivity index (χ1v) is 34.9. The first kappa shape index (κ1) is 89.7. The lowest BCUT2D eigenvalue weighted by Crippen LogP contribution is -2.11. The monoisotopic (exact) mass is 1380 g/mol. The summed E-state index contributed by atoms with van der Waals surface area (Å²) in [6, 6.07) is 25.2. The van der Waals surface area contributed by atoms with Crippen LogP contribution in [0, 0.1) is 48.1 Å². The van der Waals surface area contributed by atoms with Crippen molar-refractivity contribution in [2.45, 2.75) is 233 Å². The number of hydrogen-bond acceptors (Lipinski definition) is 13. The lowest BCUT2D eigenvalue weighted by atomic mass is 9.87. The average molecular weight is 1390 g/mol. The summed E-state index contributed by atoms with van der Waals surface area (Å²) in [4.78, 5) is 31.7. The van der Waals surface area contributed by atoms with Gasteiger partial charge in [0, 0.05) is 44.6 Å². The summed E-state index contributed by atoms with van der Waals surface area (Å²) in [5.74, 6) is 12.5. The normalized spacial score (nSPS) is 12.1. The molecule has 4 rings (SSSR count). The zero-order chi connectivity index (χ0) is 68.5. The minimum absolute atomic E-state index is 0.0286. The van der Waals surface area contributed by atoms with E-state index in [1.165, 1.54) is 104 Å². The molecule has 9 N–H and O–H groups in total. The van der Waals surface area contributed by atoms with Gasteiger partial charge in [-0.05, 0) is 117 Å². The van der Waals surface area contributed by atoms with Crippen LogP contribution in [0.5, 0.6) is 0 Å². The fourth-order valence-corrected chi connectivity index (χ4v) is 11.1. The second kappa shape index (κ2) is 47.2. The highest BCUT2D eigenvalue weighted by Gasteiger charge is 2.23. The van der Waals surface area contributed by atoms with E-state index in [1.54, 1.807) is 23.9 Å². The number of anilines is 1. The van der Waals surface area contributed by atoms with Gasteiger partial charge in [0.1, 0.15) is 5.02 Å². The van der Waals surface area contributed by atoms with Crippen molar-refractivity contribution in [2.75, 3.05) is 22.6 Å². The Morgan fingerprint density at radius 2 is 0.828 bits per heavy atom. The number of nitro benzene ring substituents is 2. The van der Waals surface area contributed by atoms with Gasteiger partial charge in [-0.2, -0.15) is 8.42 Å². The Bertz CT molecular complexity index is 2620. The number of nitrogen functional groups attached to an aromatic ring is 1. The van der Waals surface area contributed by atoms with E-state index in [4.69, 9.17) is 61.8 Å². The molecule has 0 aliphatic heterocycles. The lowest BCUT2D eigenvalue weighted by molar-refractivity contribution is -0.742. The summed E-state index contributed by atoms with van der Waals surface area (Å²) < 4.78 is 31.6. The van der Waals surface area contributed by atoms with Gasteiger partial charge < -0.3 is 10.9 Å². The van der Waals surface area contributed by atoms with Crippen LogP contribution in [0.1, 0.15) is 224 Å². The SMILES string of the molecule is CC(C)(C)c1ccc(Cl)c([N+](=O)[O-])c1.CC(C)(C)c1ccc(Cl)cc1.CCCCC(CC)CBr.CCCCC(CC)CSc1ccc(C(C)(C)C)cc1N.CCCCC(CC)CSc1ccc(C(C)(C)C)cc1[N+](=O)[O-].NN.O=S(=O)(O)O.O=[N+]([O-])O. The molecule has 0 amide bonds. The van der Waals surface area contributed by atoms with E-state index in [9.17, 15) is 20.2 Å². The van der Waals surface area contributed by atoms with Crippen LogP contribution in [0.3, 0.4) is 0 Å². The zero-order valence-corrected chi connectivity index (χ0v) is 60.9. The number of unbranched alkanes of at least 4 members (excludes halogenated alkanes) is 3. The Morgan fingerprint density at radius 3 is 1.14 bits per heavy atom. The number of halogens is 3. The number of benzene rings is 4. The minimum atomic E-state index is -4.67. The van der Waals surface area contributed by atoms with Crippen molar-refractivity contribution in [3.63, 3.8) is 0 Å². The molecule has 3 unspecified atom stereocenters. The summed E-state index contributed by atoms with van der Waals surface area (Å²) in [5.41, 5.74) is 12.2. The van der Waals surface area contributed by atoms with E-state index in [2.05, 4.69) is 162 Å². The highest BCUT2D eigenvalue weighted by atomic mass is 79.9. The van der Waals surface area contributed by atoms with Gasteiger partial charge in [-0.25, -0.2) is 0 Å². The quantitative estimate of drug-likeness (QED) is 0.00859. The van der Waals surface area contributed by atoms with Gasteiger partial charge in [-0.1, -0.05) is 252 Å². The second-order valence-corrected chi connectivity index (χ2v) is 29.3. The fourth-order valence-electron chi connectivity index (χ4n) is 7.56. The zero-order valence-electron chi connectivity index (χ0n) is 55.4. The van der Waals surface area contributed by atoms with Crippen LogP contribution in [0.15, 0.2) is 88.7 Å². The van der Waals surface area contributed by atoms with Crippen LogP contribution in [0.2, 0.25) is 10.0 Å². The van der Waals surface area contributed by atoms with Crippen LogP contribution in [0.4, 0.5) is 17.1 Å². The molecule has 0 saturated carbocycles. The smallest absolute Gasteiger partial charge is 0.394 e. The molecule has 4 aromatic carbocycles. The molecule has 0 aromatic heterocycles. The maximum Gasteiger partial charge on any atom is 0.394 e. The number of nitrogens with two attached hydrogens (primary N) is 3. The van der Waals surface area contributed by atoms with Gasteiger partial charge in [-0.15, -0.1) is 33.6 Å². The number of nitrogens with zero attached hydrogens (tertiary/aromatic N) is 3. The molecule has 23 heteroatoms. The van der Waals surface area contributed by atoms with Crippen LogP contribution >= 0.6 is 62.7 Å². The molecule has 4 aromatic rings. The molecule has 500 valence electrons. The minimum Gasteiger partial charge on any atom is -0.398 e. The highest BCUT2D eigenvalue weighted by molar-refractivity contribution is 9.09. The molecule has 17 nitrogen and oxygen atoms in total. The Balaban J connectivity index is -0.000000487. The topological polar surface area (TPSA) is 302 Å². The van der Waals surface area contributed by atoms with E-state index in [1.807, 2.05) is 62.9 Å². The standard InChI is InChI=1S/C18H29NO2S.C18H31NS.C10H12ClNO2.C10H13Cl.C8H17Br.H4N2.HNO3.H2O4S/c1-6-8-9-14(7-2)13-22-17-11-10-15(18(3,4)5)12-16(17)19(20)21;1-6-8-9-14(7-2)13-20-17-11-10-15(12-16(17)19)18(3,4)5;1-10(2,3)7-4-5-8(11)9(6-7)12(13)14;1-10(2,3)8-4-6-9(11)7-5-8;1-3-5-6-8(4-2)7-9;1-2;2-1(3)4;1-5(2,3)4/h10-12,14H,6-9,13H2,1-5H3;10-12,14H,6-9,13,19H2,1-5H3;4-6H,1-3H3;4-7H,1-3H3;8H,3-7H2,1-2H3;1-2H2;(H,2,3,4);(H2,1,2,3,4). The summed E-state index contributed by atoms with van der Waals surface area (Å²) in [6.07, 6.45) is 15.5. The molecule has 0 radical (unpaired) electrons. The number of thioether (sulfide) groups is 2. The fraction of sp³-hybridized carbons (Fsp3) is 0.625. The second-order valence-electron chi connectivity index (χ2n) is 24.8. The molecule has 0 aliphatic carbocycles. The van der Waals surface area contributed by atoms with E-state index in [-0.39, 0.29) is 43.0 Å². The number of rotatable bonds is 21. The molecule has 0 heterocycles. The first-order valence-electron chi connectivity index (χ1n) is 29.6. The van der Waals surface area contributed by atoms with Crippen molar-refractivity contribution in [1.82, 2.24) is 0 Å². The van der Waals surface area contributed by atoms with Crippen molar-refractivity contribution in [1.29, 1.82) is 0 Å². The third-order valence-electron chi connectivity index (χ3n) is 13.4. The largest absolute Gasteiger partial charge is 0.398 e. The van der Waals surface area contributed by atoms with Gasteiger partial charge in [0.05, 0.1) is 14.7 Å². The summed E-state index contributed by atoms with van der Waals surface area (Å²) in [6.45, 7) is 39.0. The van der Waals surface area contributed by atoms with Crippen LogP contribution < -0.4 is 17.4 Å². The van der Waals surface area contributed by atoms with Gasteiger partial charge in [0.25, 0.3) is 16.5 Å². The van der Waals surface area contributed by atoms with Crippen molar-refractivity contribution in [3.8, 4) is 0 Å². The predicted octanol–water partition coefficient (Wildman–Crippen LogP) is 20.7. The molecular formula is C64H109BrCl2N6O11S3. The van der Waals surface area contributed by atoms with Gasteiger partial charge in [0.15, 0.2) is 0 Å². The number of hydrogen-bond donors (Lipinski definition) is 6. The Morgan fingerprint density at radius 1 is 0.529 bits per heavy atom. The third-order valence-corrected chi connectivity index (χ3v) is 17.5. The summed E-state index contributed by atoms with van der Waals surface area (Å²) >= 11 is 18.5. The van der Waals surface area contributed by atoms with Crippen molar-refractivity contribution >= 4 is 90.1 Å². The maximum absolute atomic E-state index is 11.4. The number of alkyl halides is 1. The maximum atomic E-state index is 11.4. The molecular weight excluding hydrogens is 1280 g/mol. The van der Waals surface area contributed by atoms with Gasteiger partial charge in [0.2, 0.25) is 0 Å². The molecule has 87 heavy (non-hydrogen) atoms. The Hall–Kier alpha value is -3.77. The predicted molar refractivity (Wildman–Crippen MR) is 375 cm³/mol. The van der Waals surface area contributed by atoms with E-state index in [0.29, 0.717) is 5.92 Å². The molecule has 3 atom stereocenters. The van der Waals surface area contributed by atoms with Gasteiger partial charge in [-0.3, -0.25) is 41.0 Å². The number of nitro groups is 2. The third kappa shape index (κ3) is 46.0. The molecule has 0 saturated heterocycles. The average Bonchev–Trinajstić information content (AvgIpc) is 1.97. The van der Waals surface area contributed by atoms with Crippen molar-refractivity contribution in [2.24, 2.45) is 29.4 Å². The van der Waals surface area contributed by atoms with E-state index >= 15 is 0 Å². The van der Waals surface area contributed by atoms with E-state index in [0.717, 1.165) is 50.7 Å². The van der Waals surface area contributed by atoms with Crippen molar-refractivity contribution < 1.29 is 37.7 Å². The molecule has 0 aliphatic rings. The highest BCUT2D eigenvalue weighted by Crippen LogP contribution is 2.37. The van der Waals surface area contributed by atoms with Crippen LogP contribution in [0.25, 0.3) is 0 Å². The lowest BCUT2D eigenvalue weighted by Gasteiger charge is -2.21. The number of hydrazine groups is 1. The molecule has 0 spiro atoms.